The average Bonchev–Trinajstić information content (AvgIpc) is 3.22. The summed E-state index contributed by atoms with van der Waals surface area (Å²) in [4.78, 5) is 1.03. The summed E-state index contributed by atoms with van der Waals surface area (Å²) in [5.74, 6) is 0.285. The van der Waals surface area contributed by atoms with E-state index in [0.29, 0.717) is 6.61 Å². The maximum atomic E-state index is 9.99. The highest BCUT2D eigenvalue weighted by Gasteiger charge is 2.44. The first-order chi connectivity index (χ1) is 12.0. The zero-order valence-corrected chi connectivity index (χ0v) is 15.0. The summed E-state index contributed by atoms with van der Waals surface area (Å²) < 4.78 is 17.1. The summed E-state index contributed by atoms with van der Waals surface area (Å²) in [5.41, 5.74) is 0. The number of aliphatic hydroxyl groups is 4. The molecule has 1 aliphatic heterocycles. The minimum Gasteiger partial charge on any atom is -0.394 e. The Kier molecular flexibility index (Phi) is 6.78. The lowest BCUT2D eigenvalue weighted by atomic mass is 9.99. The van der Waals surface area contributed by atoms with Crippen molar-refractivity contribution < 1.29 is 34.6 Å². The first-order valence-electron chi connectivity index (χ1n) is 9.10. The minimum atomic E-state index is -1.40. The Balaban J connectivity index is 1.43. The van der Waals surface area contributed by atoms with Gasteiger partial charge in [-0.15, -0.1) is 0 Å². The van der Waals surface area contributed by atoms with Gasteiger partial charge in [0, 0.05) is 4.86 Å². The zero-order valence-electron chi connectivity index (χ0n) is 14.2. The highest BCUT2D eigenvalue weighted by Crippen LogP contribution is 2.32. The Hall–Kier alpha value is -0.190. The molecule has 144 valence electrons. The molecule has 2 aliphatic carbocycles. The summed E-state index contributed by atoms with van der Waals surface area (Å²) in [5, 5.41) is 38.7. The van der Waals surface area contributed by atoms with Crippen molar-refractivity contribution in [3.05, 3.63) is 0 Å². The normalized spacial score (nSPS) is 45.2. The number of hydrogen-bond donors (Lipinski definition) is 4. The van der Waals surface area contributed by atoms with Gasteiger partial charge in [0.2, 0.25) is 0 Å². The lowest BCUT2D eigenvalue weighted by Gasteiger charge is -2.39. The van der Waals surface area contributed by atoms with Crippen molar-refractivity contribution in [3.8, 4) is 0 Å². The fraction of sp³-hybridized carbons (Fsp3) is 0.941. The van der Waals surface area contributed by atoms with Crippen LogP contribution in [0.4, 0.5) is 0 Å². The van der Waals surface area contributed by atoms with E-state index in [1.807, 2.05) is 0 Å². The van der Waals surface area contributed by atoms with E-state index in [1.165, 1.54) is 0 Å². The van der Waals surface area contributed by atoms with Gasteiger partial charge in [-0.25, -0.2) is 0 Å². The zero-order chi connectivity index (χ0) is 18.0. The molecule has 0 aromatic carbocycles. The molecule has 1 saturated heterocycles. The average molecular weight is 376 g/mol. The van der Waals surface area contributed by atoms with Gasteiger partial charge in [-0.05, 0) is 44.4 Å². The standard InChI is InChI=1S/C17H28O7S/c18-7-12-14(19)15(20)16(21)17(24-12)22-8-9-4-5-10(6-9)23-11-2-1-3-13(11)25/h9-12,14-21H,1-8H2/t9?,10?,11?,12-,14+,15+,16-,17-/m1/s1. The van der Waals surface area contributed by atoms with Crippen molar-refractivity contribution in [3.63, 3.8) is 0 Å². The van der Waals surface area contributed by atoms with Crippen LogP contribution >= 0.6 is 12.2 Å². The van der Waals surface area contributed by atoms with Crippen molar-refractivity contribution in [1.29, 1.82) is 0 Å². The van der Waals surface area contributed by atoms with Crippen LogP contribution in [0, 0.1) is 5.92 Å². The molecule has 8 heteroatoms. The van der Waals surface area contributed by atoms with Gasteiger partial charge in [0.15, 0.2) is 6.29 Å². The number of hydrogen-bond acceptors (Lipinski definition) is 8. The third-order valence-electron chi connectivity index (χ3n) is 5.44. The Morgan fingerprint density at radius 1 is 1.08 bits per heavy atom. The highest BCUT2D eigenvalue weighted by atomic mass is 32.1. The van der Waals surface area contributed by atoms with E-state index >= 15 is 0 Å². The molecule has 0 radical (unpaired) electrons. The van der Waals surface area contributed by atoms with Crippen LogP contribution in [0.2, 0.25) is 0 Å². The number of ether oxygens (including phenoxy) is 3. The largest absolute Gasteiger partial charge is 0.394 e. The van der Waals surface area contributed by atoms with Gasteiger partial charge in [0.1, 0.15) is 24.4 Å². The van der Waals surface area contributed by atoms with Crippen LogP contribution in [0.25, 0.3) is 0 Å². The second-order valence-electron chi connectivity index (χ2n) is 7.31. The van der Waals surface area contributed by atoms with E-state index in [0.717, 1.165) is 43.4 Å². The molecule has 3 rings (SSSR count). The van der Waals surface area contributed by atoms with E-state index in [9.17, 15) is 20.4 Å². The maximum absolute atomic E-state index is 9.99. The lowest BCUT2D eigenvalue weighted by molar-refractivity contribution is -0.303. The quantitative estimate of drug-likeness (QED) is 0.477. The van der Waals surface area contributed by atoms with Gasteiger partial charge < -0.3 is 34.6 Å². The molecule has 0 bridgehead atoms. The Morgan fingerprint density at radius 3 is 2.56 bits per heavy atom. The lowest BCUT2D eigenvalue weighted by Crippen LogP contribution is -2.59. The molecule has 3 unspecified atom stereocenters. The van der Waals surface area contributed by atoms with Crippen molar-refractivity contribution in [2.45, 2.75) is 81.4 Å². The Labute approximate surface area is 152 Å². The summed E-state index contributed by atoms with van der Waals surface area (Å²) >= 11 is 5.34. The smallest absolute Gasteiger partial charge is 0.186 e. The van der Waals surface area contributed by atoms with Crippen LogP contribution in [-0.2, 0) is 14.2 Å². The van der Waals surface area contributed by atoms with Gasteiger partial charge in [-0.3, -0.25) is 0 Å². The number of aliphatic hydroxyl groups excluding tert-OH is 4. The maximum Gasteiger partial charge on any atom is 0.186 e. The molecule has 0 aromatic rings. The molecular weight excluding hydrogens is 348 g/mol. The monoisotopic (exact) mass is 376 g/mol. The number of rotatable bonds is 6. The van der Waals surface area contributed by atoms with Crippen molar-refractivity contribution in [2.75, 3.05) is 13.2 Å². The van der Waals surface area contributed by atoms with Crippen LogP contribution in [-0.4, -0.2) is 81.4 Å². The second-order valence-corrected chi connectivity index (χ2v) is 7.84. The van der Waals surface area contributed by atoms with E-state index in [2.05, 4.69) is 0 Å². The third-order valence-corrected chi connectivity index (χ3v) is 5.91. The van der Waals surface area contributed by atoms with Crippen LogP contribution < -0.4 is 0 Å². The van der Waals surface area contributed by atoms with Gasteiger partial charge in [-0.2, -0.15) is 0 Å². The van der Waals surface area contributed by atoms with Gasteiger partial charge >= 0.3 is 0 Å². The third kappa shape index (κ3) is 4.56. The first kappa shape index (κ1) is 19.6. The molecule has 3 aliphatic rings. The summed E-state index contributed by atoms with van der Waals surface area (Å²) in [6.45, 7) is -0.0802. The van der Waals surface area contributed by atoms with Crippen LogP contribution in [0.3, 0.4) is 0 Å². The van der Waals surface area contributed by atoms with E-state index in [4.69, 9.17) is 26.4 Å². The molecule has 2 saturated carbocycles. The van der Waals surface area contributed by atoms with Gasteiger partial charge in [0.25, 0.3) is 0 Å². The molecule has 4 N–H and O–H groups in total. The topological polar surface area (TPSA) is 109 Å². The first-order valence-corrected chi connectivity index (χ1v) is 9.50. The summed E-state index contributed by atoms with van der Waals surface area (Å²) in [7, 11) is 0. The second kappa shape index (κ2) is 8.67. The van der Waals surface area contributed by atoms with Crippen molar-refractivity contribution in [1.82, 2.24) is 0 Å². The molecule has 3 fully saturated rings. The number of thiocarbonyl (C=S) groups is 1. The molecule has 0 amide bonds. The molecular formula is C17H28O7S. The minimum absolute atomic E-state index is 0.116. The predicted molar refractivity (Wildman–Crippen MR) is 92.2 cm³/mol. The van der Waals surface area contributed by atoms with Crippen LogP contribution in [0.1, 0.15) is 38.5 Å². The molecule has 0 spiro atoms. The van der Waals surface area contributed by atoms with Gasteiger partial charge in [0.05, 0.1) is 25.4 Å². The molecule has 25 heavy (non-hydrogen) atoms. The van der Waals surface area contributed by atoms with Crippen LogP contribution in [0.5, 0.6) is 0 Å². The molecule has 1 heterocycles. The Bertz CT molecular complexity index is 460. The fourth-order valence-electron chi connectivity index (χ4n) is 3.90. The van der Waals surface area contributed by atoms with E-state index in [1.54, 1.807) is 0 Å². The Morgan fingerprint density at radius 2 is 1.88 bits per heavy atom. The SMILES string of the molecule is OC[C@H]1O[C@@H](OCC2CCC(OC3CCCC3=S)C2)[C@H](O)[C@@H](O)[C@H]1O. The molecule has 7 nitrogen and oxygen atoms in total. The molecule has 8 atom stereocenters. The van der Waals surface area contributed by atoms with Crippen LogP contribution in [0.15, 0.2) is 0 Å². The molecule has 0 aromatic heterocycles. The van der Waals surface area contributed by atoms with E-state index < -0.39 is 37.3 Å². The summed E-state index contributed by atoms with van der Waals surface area (Å²) in [6, 6.07) is 0. The van der Waals surface area contributed by atoms with Crippen molar-refractivity contribution >= 4 is 17.1 Å². The predicted octanol–water partition coefficient (Wildman–Crippen LogP) is -0.0894. The fourth-order valence-corrected chi connectivity index (χ4v) is 4.22. The van der Waals surface area contributed by atoms with E-state index in [-0.39, 0.29) is 18.1 Å². The summed E-state index contributed by atoms with van der Waals surface area (Å²) in [6.07, 6.45) is 0.0942. The highest BCUT2D eigenvalue weighted by molar-refractivity contribution is 7.80. The van der Waals surface area contributed by atoms with Crippen molar-refractivity contribution in [2.24, 2.45) is 5.92 Å². The van der Waals surface area contributed by atoms with Gasteiger partial charge in [-0.1, -0.05) is 12.2 Å².